The standard InChI is InChI=1S/C18H18ClFO/c19-16-9-5-10-17(20)14(16)12-18(21)11-4-3-7-13-6-1-2-8-15(13)18/h1-2,5-6,8-10,21H,3-4,7,11-12H2. The van der Waals surface area contributed by atoms with Crippen molar-refractivity contribution in [2.24, 2.45) is 0 Å². The van der Waals surface area contributed by atoms with Crippen LogP contribution in [0.1, 0.15) is 36.0 Å². The van der Waals surface area contributed by atoms with E-state index in [-0.39, 0.29) is 12.2 Å². The molecule has 21 heavy (non-hydrogen) atoms. The lowest BCUT2D eigenvalue weighted by Gasteiger charge is -2.29. The average Bonchev–Trinajstić information content (AvgIpc) is 2.64. The lowest BCUT2D eigenvalue weighted by atomic mass is 9.82. The van der Waals surface area contributed by atoms with Crippen molar-refractivity contribution in [3.05, 3.63) is 70.0 Å². The second-order valence-electron chi connectivity index (χ2n) is 5.77. The van der Waals surface area contributed by atoms with E-state index in [1.54, 1.807) is 12.1 Å². The van der Waals surface area contributed by atoms with Gasteiger partial charge in [0.2, 0.25) is 0 Å². The first-order valence-corrected chi connectivity index (χ1v) is 7.72. The van der Waals surface area contributed by atoms with E-state index in [0.717, 1.165) is 30.4 Å². The first-order chi connectivity index (χ1) is 10.1. The molecule has 1 unspecified atom stereocenters. The van der Waals surface area contributed by atoms with E-state index >= 15 is 0 Å². The quantitative estimate of drug-likeness (QED) is 0.802. The Morgan fingerprint density at radius 1 is 1.10 bits per heavy atom. The Labute approximate surface area is 129 Å². The maximum absolute atomic E-state index is 14.1. The molecule has 2 aromatic carbocycles. The number of aryl methyl sites for hydroxylation is 1. The summed E-state index contributed by atoms with van der Waals surface area (Å²) in [7, 11) is 0. The van der Waals surface area contributed by atoms with Gasteiger partial charge in [-0.1, -0.05) is 41.9 Å². The minimum atomic E-state index is -1.04. The Kier molecular flexibility index (Phi) is 4.01. The van der Waals surface area contributed by atoms with Crippen LogP contribution < -0.4 is 0 Å². The Balaban J connectivity index is 2.04. The van der Waals surface area contributed by atoms with Crippen LogP contribution in [0.4, 0.5) is 4.39 Å². The van der Waals surface area contributed by atoms with E-state index in [0.29, 0.717) is 17.0 Å². The monoisotopic (exact) mass is 304 g/mol. The molecule has 0 fully saturated rings. The summed E-state index contributed by atoms with van der Waals surface area (Å²) in [5.41, 5.74) is 1.43. The third kappa shape index (κ3) is 2.83. The second kappa shape index (κ2) is 5.78. The highest BCUT2D eigenvalue weighted by atomic mass is 35.5. The SMILES string of the molecule is OC1(Cc2c(F)cccc2Cl)CCCCc2ccccc21. The van der Waals surface area contributed by atoms with Gasteiger partial charge in [-0.3, -0.25) is 0 Å². The van der Waals surface area contributed by atoms with Gasteiger partial charge in [0, 0.05) is 17.0 Å². The number of halogens is 2. The van der Waals surface area contributed by atoms with Crippen molar-refractivity contribution in [1.29, 1.82) is 0 Å². The first-order valence-electron chi connectivity index (χ1n) is 7.34. The van der Waals surface area contributed by atoms with Gasteiger partial charge in [-0.25, -0.2) is 4.39 Å². The zero-order valence-electron chi connectivity index (χ0n) is 11.8. The van der Waals surface area contributed by atoms with Crippen molar-refractivity contribution in [2.45, 2.75) is 37.7 Å². The Bertz CT molecular complexity index is 635. The van der Waals surface area contributed by atoms with Gasteiger partial charge in [0.15, 0.2) is 0 Å². The van der Waals surface area contributed by atoms with Gasteiger partial charge in [-0.2, -0.15) is 0 Å². The zero-order chi connectivity index (χ0) is 14.9. The molecule has 0 aromatic heterocycles. The van der Waals surface area contributed by atoms with E-state index in [1.807, 2.05) is 18.2 Å². The van der Waals surface area contributed by atoms with Crippen LogP contribution in [0.15, 0.2) is 42.5 Å². The number of hydrogen-bond donors (Lipinski definition) is 1. The van der Waals surface area contributed by atoms with Crippen LogP contribution in [-0.4, -0.2) is 5.11 Å². The number of fused-ring (bicyclic) bond motifs is 1. The molecular formula is C18H18ClFO. The largest absolute Gasteiger partial charge is 0.385 e. The number of rotatable bonds is 2. The molecule has 1 N–H and O–H groups in total. The molecule has 1 aliphatic carbocycles. The summed E-state index contributed by atoms with van der Waals surface area (Å²) in [6, 6.07) is 12.6. The Morgan fingerprint density at radius 3 is 2.71 bits per heavy atom. The van der Waals surface area contributed by atoms with Gasteiger partial charge in [-0.15, -0.1) is 0 Å². The van der Waals surface area contributed by atoms with Gasteiger partial charge in [0.1, 0.15) is 5.82 Å². The number of hydrogen-bond acceptors (Lipinski definition) is 1. The fourth-order valence-corrected chi connectivity index (χ4v) is 3.47. The zero-order valence-corrected chi connectivity index (χ0v) is 12.5. The Hall–Kier alpha value is -1.38. The minimum Gasteiger partial charge on any atom is -0.385 e. The van der Waals surface area contributed by atoms with Crippen molar-refractivity contribution >= 4 is 11.6 Å². The molecule has 3 heteroatoms. The van der Waals surface area contributed by atoms with E-state index in [4.69, 9.17) is 11.6 Å². The number of aliphatic hydroxyl groups is 1. The van der Waals surface area contributed by atoms with Crippen molar-refractivity contribution in [1.82, 2.24) is 0 Å². The predicted octanol–water partition coefficient (Wildman–Crippen LogP) is 4.64. The van der Waals surface area contributed by atoms with E-state index in [2.05, 4.69) is 6.07 Å². The van der Waals surface area contributed by atoms with Crippen LogP contribution in [0.25, 0.3) is 0 Å². The molecule has 0 spiro atoms. The third-order valence-corrected chi connectivity index (χ3v) is 4.69. The molecule has 0 bridgehead atoms. The van der Waals surface area contributed by atoms with Crippen LogP contribution in [0.2, 0.25) is 5.02 Å². The normalized spacial score (nSPS) is 21.7. The third-order valence-electron chi connectivity index (χ3n) is 4.34. The molecular weight excluding hydrogens is 287 g/mol. The van der Waals surface area contributed by atoms with E-state index < -0.39 is 5.60 Å². The molecule has 0 radical (unpaired) electrons. The summed E-state index contributed by atoms with van der Waals surface area (Å²) in [5, 5.41) is 11.6. The molecule has 3 rings (SSSR count). The smallest absolute Gasteiger partial charge is 0.128 e. The lowest BCUT2D eigenvalue weighted by Crippen LogP contribution is -2.29. The highest BCUT2D eigenvalue weighted by Gasteiger charge is 2.34. The van der Waals surface area contributed by atoms with Gasteiger partial charge < -0.3 is 5.11 Å². The van der Waals surface area contributed by atoms with Crippen LogP contribution in [0.5, 0.6) is 0 Å². The fourth-order valence-electron chi connectivity index (χ4n) is 3.24. The van der Waals surface area contributed by atoms with Gasteiger partial charge in [0.05, 0.1) is 5.60 Å². The number of benzene rings is 2. The highest BCUT2D eigenvalue weighted by Crippen LogP contribution is 2.38. The van der Waals surface area contributed by atoms with Crippen molar-refractivity contribution in [3.63, 3.8) is 0 Å². The van der Waals surface area contributed by atoms with Crippen molar-refractivity contribution in [2.75, 3.05) is 0 Å². The molecule has 0 aliphatic heterocycles. The molecule has 110 valence electrons. The summed E-state index contributed by atoms with van der Waals surface area (Å²) < 4.78 is 14.1. The van der Waals surface area contributed by atoms with Crippen LogP contribution in [0, 0.1) is 5.82 Å². The summed E-state index contributed by atoms with van der Waals surface area (Å²) in [5.74, 6) is -0.349. The van der Waals surface area contributed by atoms with Gasteiger partial charge >= 0.3 is 0 Å². The maximum Gasteiger partial charge on any atom is 0.128 e. The molecule has 2 aromatic rings. The molecule has 1 aliphatic rings. The fraction of sp³-hybridized carbons (Fsp3) is 0.333. The average molecular weight is 305 g/mol. The first kappa shape index (κ1) is 14.6. The summed E-state index contributed by atoms with van der Waals surface area (Å²) in [6.07, 6.45) is 3.79. The summed E-state index contributed by atoms with van der Waals surface area (Å²) in [6.45, 7) is 0. The van der Waals surface area contributed by atoms with Crippen LogP contribution >= 0.6 is 11.6 Å². The van der Waals surface area contributed by atoms with Crippen molar-refractivity contribution in [3.8, 4) is 0 Å². The molecule has 1 atom stereocenters. The molecule has 0 heterocycles. The summed E-state index contributed by atoms with van der Waals surface area (Å²) in [4.78, 5) is 0. The van der Waals surface area contributed by atoms with Crippen LogP contribution in [-0.2, 0) is 18.4 Å². The Morgan fingerprint density at radius 2 is 1.90 bits per heavy atom. The van der Waals surface area contributed by atoms with E-state index in [1.165, 1.54) is 6.07 Å². The minimum absolute atomic E-state index is 0.218. The lowest BCUT2D eigenvalue weighted by molar-refractivity contribution is 0.0264. The topological polar surface area (TPSA) is 20.2 Å². The summed E-state index contributed by atoms with van der Waals surface area (Å²) >= 11 is 6.13. The second-order valence-corrected chi connectivity index (χ2v) is 6.18. The maximum atomic E-state index is 14.1. The van der Waals surface area contributed by atoms with Gasteiger partial charge in [-0.05, 0) is 48.9 Å². The highest BCUT2D eigenvalue weighted by molar-refractivity contribution is 6.31. The molecule has 1 nitrogen and oxygen atoms in total. The predicted molar refractivity (Wildman–Crippen MR) is 83.0 cm³/mol. The van der Waals surface area contributed by atoms with E-state index in [9.17, 15) is 9.50 Å². The van der Waals surface area contributed by atoms with Crippen LogP contribution in [0.3, 0.4) is 0 Å². The van der Waals surface area contributed by atoms with Crippen molar-refractivity contribution < 1.29 is 9.50 Å². The molecule has 0 amide bonds. The molecule has 0 saturated carbocycles. The van der Waals surface area contributed by atoms with Gasteiger partial charge in [0.25, 0.3) is 0 Å². The molecule has 0 saturated heterocycles.